The monoisotopic (exact) mass is 499 g/mol. The first kappa shape index (κ1) is 24.6. The normalized spacial score (nSPS) is 12.8. The van der Waals surface area contributed by atoms with Crippen LogP contribution in [0.1, 0.15) is 31.1 Å². The molecule has 4 aromatic rings. The lowest BCUT2D eigenvalue weighted by Crippen LogP contribution is -2.52. The Morgan fingerprint density at radius 1 is 1.26 bits per heavy atom. The number of aliphatic hydroxyl groups excluding tert-OH is 1. The van der Waals surface area contributed by atoms with Crippen molar-refractivity contribution in [2.45, 2.75) is 39.0 Å². The minimum atomic E-state index is -1.81. The number of fused-ring (bicyclic) bond motifs is 1. The summed E-state index contributed by atoms with van der Waals surface area (Å²) in [5, 5.41) is 19.4. The number of aliphatic hydroxyl groups is 1. The molecule has 0 saturated carbocycles. The van der Waals surface area contributed by atoms with E-state index in [0.717, 1.165) is 10.1 Å². The molecule has 1 atom stereocenters. The third-order valence-corrected chi connectivity index (χ3v) is 7.15. The van der Waals surface area contributed by atoms with Gasteiger partial charge in [0.2, 0.25) is 5.89 Å². The molecule has 1 aromatic carbocycles. The molecule has 4 rings (SSSR count). The summed E-state index contributed by atoms with van der Waals surface area (Å²) in [4.78, 5) is 44.4. The molecule has 3 heterocycles. The number of hydrogen-bond acceptors (Lipinski definition) is 8. The molecule has 0 spiro atoms. The number of carbonyl (C=O) groups is 1. The number of nitrogens with zero attached hydrogens (tertiary/aromatic N) is 3. The highest BCUT2D eigenvalue weighted by molar-refractivity contribution is 7.22. The molecule has 0 bridgehead atoms. The van der Waals surface area contributed by atoms with Crippen molar-refractivity contribution in [1.29, 1.82) is 0 Å². The zero-order valence-corrected chi connectivity index (χ0v) is 20.2. The lowest BCUT2D eigenvalue weighted by molar-refractivity contribution is -0.146. The van der Waals surface area contributed by atoms with Gasteiger partial charge >= 0.3 is 11.7 Å². The van der Waals surface area contributed by atoms with E-state index in [2.05, 4.69) is 4.98 Å². The van der Waals surface area contributed by atoms with Crippen molar-refractivity contribution in [3.8, 4) is 10.8 Å². The molecule has 3 aromatic heterocycles. The Kier molecular flexibility index (Phi) is 6.75. The van der Waals surface area contributed by atoms with Crippen molar-refractivity contribution < 1.29 is 24.2 Å². The van der Waals surface area contributed by atoms with Crippen LogP contribution in [0.3, 0.4) is 0 Å². The first-order valence-electron chi connectivity index (χ1n) is 10.9. The van der Waals surface area contributed by atoms with E-state index in [1.165, 1.54) is 42.2 Å². The summed E-state index contributed by atoms with van der Waals surface area (Å²) in [6.07, 6.45) is 2.24. The van der Waals surface area contributed by atoms with E-state index in [1.54, 1.807) is 6.92 Å². The van der Waals surface area contributed by atoms with E-state index in [1.807, 2.05) is 30.3 Å². The van der Waals surface area contributed by atoms with E-state index >= 15 is 0 Å². The smallest absolute Gasteiger partial charge is 0.333 e. The van der Waals surface area contributed by atoms with Gasteiger partial charge in [0.15, 0.2) is 0 Å². The third kappa shape index (κ3) is 4.33. The summed E-state index contributed by atoms with van der Waals surface area (Å²) in [6.45, 7) is 4.13. The maximum absolute atomic E-state index is 13.7. The fraction of sp³-hybridized carbons (Fsp3) is 0.333. The van der Waals surface area contributed by atoms with Gasteiger partial charge in [0, 0.05) is 0 Å². The molecular weight excluding hydrogens is 474 g/mol. The topological polar surface area (TPSA) is 137 Å². The standard InChI is InChI=1S/C24H25N3O7S/c1-14-17-20(29)27(24(2,3)22(30)31)23(32)26(21(17)35-18(14)19-25-9-11-34-19)13-16(33-12-10-28)15-7-5-4-6-8-15/h4-9,11,16,28H,10,12-13H2,1-3H3,(H,30,31). The zero-order valence-electron chi connectivity index (χ0n) is 19.4. The molecule has 184 valence electrons. The van der Waals surface area contributed by atoms with E-state index in [4.69, 9.17) is 9.15 Å². The average molecular weight is 500 g/mol. The van der Waals surface area contributed by atoms with Crippen LogP contribution in [0.2, 0.25) is 0 Å². The molecule has 1 unspecified atom stereocenters. The number of aryl methyl sites for hydroxylation is 1. The molecule has 0 radical (unpaired) electrons. The van der Waals surface area contributed by atoms with Crippen LogP contribution in [0, 0.1) is 6.92 Å². The van der Waals surface area contributed by atoms with Gasteiger partial charge in [-0.05, 0) is 31.9 Å². The molecule has 0 aliphatic rings. The van der Waals surface area contributed by atoms with Crippen molar-refractivity contribution in [1.82, 2.24) is 14.1 Å². The third-order valence-electron chi connectivity index (χ3n) is 5.85. The van der Waals surface area contributed by atoms with Crippen molar-refractivity contribution in [2.24, 2.45) is 0 Å². The second-order valence-electron chi connectivity index (χ2n) is 8.47. The van der Waals surface area contributed by atoms with Gasteiger partial charge in [-0.15, -0.1) is 11.3 Å². The van der Waals surface area contributed by atoms with Gasteiger partial charge in [0.1, 0.15) is 22.7 Å². The summed E-state index contributed by atoms with van der Waals surface area (Å²) in [7, 11) is 0. The van der Waals surface area contributed by atoms with Gasteiger partial charge in [-0.1, -0.05) is 30.3 Å². The molecule has 2 N–H and O–H groups in total. The number of carboxylic acid groups (broad SMARTS) is 1. The van der Waals surface area contributed by atoms with Crippen LogP contribution in [0.25, 0.3) is 21.0 Å². The highest BCUT2D eigenvalue weighted by Crippen LogP contribution is 2.36. The Morgan fingerprint density at radius 2 is 1.97 bits per heavy atom. The number of benzene rings is 1. The van der Waals surface area contributed by atoms with Gasteiger partial charge in [-0.25, -0.2) is 19.1 Å². The quantitative estimate of drug-likeness (QED) is 0.359. The summed E-state index contributed by atoms with van der Waals surface area (Å²) in [6, 6.07) is 9.16. The molecule has 11 heteroatoms. The predicted molar refractivity (Wildman–Crippen MR) is 130 cm³/mol. The summed E-state index contributed by atoms with van der Waals surface area (Å²) >= 11 is 1.17. The van der Waals surface area contributed by atoms with Gasteiger partial charge in [0.05, 0.1) is 36.2 Å². The van der Waals surface area contributed by atoms with Crippen LogP contribution in [-0.4, -0.2) is 43.5 Å². The van der Waals surface area contributed by atoms with Crippen LogP contribution >= 0.6 is 11.3 Å². The number of aromatic nitrogens is 3. The van der Waals surface area contributed by atoms with E-state index < -0.39 is 28.9 Å². The number of thiophene rings is 1. The zero-order chi connectivity index (χ0) is 25.3. The van der Waals surface area contributed by atoms with Gasteiger partial charge in [-0.2, -0.15) is 0 Å². The van der Waals surface area contributed by atoms with Crippen LogP contribution < -0.4 is 11.2 Å². The summed E-state index contributed by atoms with van der Waals surface area (Å²) < 4.78 is 13.4. The van der Waals surface area contributed by atoms with E-state index in [-0.39, 0.29) is 25.1 Å². The van der Waals surface area contributed by atoms with E-state index in [0.29, 0.717) is 21.2 Å². The first-order valence-corrected chi connectivity index (χ1v) is 11.7. The molecule has 0 fully saturated rings. The minimum absolute atomic E-state index is 0.0136. The Balaban J connectivity index is 2.03. The fourth-order valence-electron chi connectivity index (χ4n) is 3.92. The number of carboxylic acids is 1. The van der Waals surface area contributed by atoms with E-state index in [9.17, 15) is 24.6 Å². The number of oxazole rings is 1. The molecule has 0 saturated heterocycles. The molecule has 35 heavy (non-hydrogen) atoms. The van der Waals surface area contributed by atoms with Crippen LogP contribution in [0.15, 0.2) is 56.8 Å². The predicted octanol–water partition coefficient (Wildman–Crippen LogP) is 2.76. The number of aliphatic carboxylic acids is 1. The Hall–Kier alpha value is -3.54. The molecule has 0 aliphatic carbocycles. The van der Waals surface area contributed by atoms with Gasteiger partial charge in [0.25, 0.3) is 5.56 Å². The van der Waals surface area contributed by atoms with Gasteiger partial charge in [-0.3, -0.25) is 9.36 Å². The van der Waals surface area contributed by atoms with Crippen LogP contribution in [0.4, 0.5) is 0 Å². The lowest BCUT2D eigenvalue weighted by atomic mass is 10.1. The van der Waals surface area contributed by atoms with Crippen molar-refractivity contribution in [2.75, 3.05) is 13.2 Å². The average Bonchev–Trinajstić information content (AvgIpc) is 3.47. The lowest BCUT2D eigenvalue weighted by Gasteiger charge is -2.25. The molecule has 10 nitrogen and oxygen atoms in total. The Bertz CT molecular complexity index is 1470. The second-order valence-corrected chi connectivity index (χ2v) is 9.46. The maximum atomic E-state index is 13.7. The fourth-order valence-corrected chi connectivity index (χ4v) is 5.16. The van der Waals surface area contributed by atoms with Crippen molar-refractivity contribution >= 4 is 27.5 Å². The SMILES string of the molecule is Cc1c(-c2ncco2)sc2c1c(=O)n(C(C)(C)C(=O)O)c(=O)n2CC(OCCO)c1ccccc1. The minimum Gasteiger partial charge on any atom is -0.480 e. The first-order chi connectivity index (χ1) is 16.7. The second kappa shape index (κ2) is 9.61. The molecule has 0 amide bonds. The largest absolute Gasteiger partial charge is 0.480 e. The Morgan fingerprint density at radius 3 is 2.57 bits per heavy atom. The Labute approximate surface area is 203 Å². The van der Waals surface area contributed by atoms with Crippen LogP contribution in [-0.2, 0) is 21.6 Å². The molecular formula is C24H25N3O7S. The van der Waals surface area contributed by atoms with Gasteiger partial charge < -0.3 is 19.4 Å². The van der Waals surface area contributed by atoms with Crippen LogP contribution in [0.5, 0.6) is 0 Å². The molecule has 0 aliphatic heterocycles. The number of rotatable bonds is 9. The maximum Gasteiger partial charge on any atom is 0.333 e. The van der Waals surface area contributed by atoms with Crippen molar-refractivity contribution in [3.05, 3.63) is 74.8 Å². The van der Waals surface area contributed by atoms with Crippen molar-refractivity contribution in [3.63, 3.8) is 0 Å². The highest BCUT2D eigenvalue weighted by Gasteiger charge is 2.36. The number of hydrogen-bond donors (Lipinski definition) is 2. The number of ether oxygens (including phenoxy) is 1. The summed E-state index contributed by atoms with van der Waals surface area (Å²) in [5.41, 5.74) is -1.99. The summed E-state index contributed by atoms with van der Waals surface area (Å²) in [5.74, 6) is -1.03. The highest BCUT2D eigenvalue weighted by atomic mass is 32.1.